The Hall–Kier alpha value is -1.32. The van der Waals surface area contributed by atoms with Crippen molar-refractivity contribution in [2.45, 2.75) is 0 Å². The first-order chi connectivity index (χ1) is 5.26. The van der Waals surface area contributed by atoms with Crippen molar-refractivity contribution in [1.29, 1.82) is 5.26 Å². The Balaban J connectivity index is 0. The van der Waals surface area contributed by atoms with Gasteiger partial charge in [-0.25, -0.2) is 0 Å². The molecule has 12 heavy (non-hydrogen) atoms. The molecule has 0 bridgehead atoms. The van der Waals surface area contributed by atoms with Crippen LogP contribution in [0.5, 0.6) is 0 Å². The Labute approximate surface area is 75.8 Å². The second-order valence-electron chi connectivity index (χ2n) is 1.44. The molecule has 0 heterocycles. The van der Waals surface area contributed by atoms with Crippen LogP contribution >= 0.6 is 12.4 Å². The van der Waals surface area contributed by atoms with E-state index in [9.17, 15) is 4.79 Å². The van der Waals surface area contributed by atoms with Gasteiger partial charge in [0.25, 0.3) is 5.91 Å². The number of nitrogens with zero attached hydrogens (tertiary/aromatic N) is 2. The van der Waals surface area contributed by atoms with E-state index >= 15 is 0 Å². The molecule has 0 fully saturated rings. The third-order valence-corrected chi connectivity index (χ3v) is 0.766. The Morgan fingerprint density at radius 2 is 2.42 bits per heavy atom. The van der Waals surface area contributed by atoms with E-state index in [1.807, 2.05) is 0 Å². The smallest absolute Gasteiger partial charge is 0.285 e. The van der Waals surface area contributed by atoms with Gasteiger partial charge < -0.3 is 15.9 Å². The fraction of sp³-hybridized carbons (Fsp3) is 0.400. The number of halogens is 1. The molecule has 0 aromatic heterocycles. The summed E-state index contributed by atoms with van der Waals surface area (Å²) in [5.74, 6) is -0.642. The van der Waals surface area contributed by atoms with Crippen molar-refractivity contribution in [1.82, 2.24) is 5.32 Å². The van der Waals surface area contributed by atoms with Crippen LogP contribution in [0.2, 0.25) is 0 Å². The van der Waals surface area contributed by atoms with Gasteiger partial charge >= 0.3 is 0 Å². The topological polar surface area (TPSA) is 100 Å². The second-order valence-corrected chi connectivity index (χ2v) is 1.44. The van der Waals surface area contributed by atoms with Gasteiger partial charge in [-0.1, -0.05) is 5.16 Å². The van der Waals surface area contributed by atoms with E-state index in [0.29, 0.717) is 0 Å². The molecule has 6 nitrogen and oxygen atoms in total. The van der Waals surface area contributed by atoms with Gasteiger partial charge in [0.05, 0.1) is 6.67 Å². The first-order valence-corrected chi connectivity index (χ1v) is 2.75. The van der Waals surface area contributed by atoms with Crippen LogP contribution in [-0.2, 0) is 9.63 Å². The van der Waals surface area contributed by atoms with Gasteiger partial charge in [-0.05, 0) is 0 Å². The standard InChI is InChI=1S/C5H8N4O2.ClH/c1-11-9-4(2-6)5(10)8-3-7;/h3,7H2,1H3,(H,8,10);1H/b9-4+;. The lowest BCUT2D eigenvalue weighted by Crippen LogP contribution is -2.34. The Morgan fingerprint density at radius 3 is 2.75 bits per heavy atom. The minimum atomic E-state index is -0.642. The fourth-order valence-electron chi connectivity index (χ4n) is 0.380. The molecule has 0 aromatic rings. The third kappa shape index (κ3) is 4.49. The SMILES string of the molecule is CO/N=C(\C#N)C(=O)NCN.Cl. The molecule has 0 spiro atoms. The van der Waals surface area contributed by atoms with Crippen LogP contribution in [0.3, 0.4) is 0 Å². The maximum atomic E-state index is 10.7. The maximum Gasteiger partial charge on any atom is 0.285 e. The van der Waals surface area contributed by atoms with E-state index in [1.54, 1.807) is 6.07 Å². The predicted octanol–water partition coefficient (Wildman–Crippen LogP) is -1.03. The lowest BCUT2D eigenvalue weighted by atomic mass is 10.4. The second kappa shape index (κ2) is 7.78. The summed E-state index contributed by atoms with van der Waals surface area (Å²) in [6.07, 6.45) is 0. The fourth-order valence-corrected chi connectivity index (χ4v) is 0.380. The first-order valence-electron chi connectivity index (χ1n) is 2.75. The van der Waals surface area contributed by atoms with Crippen LogP contribution in [0, 0.1) is 11.3 Å². The molecule has 68 valence electrons. The number of carbonyl (C=O) groups is 1. The van der Waals surface area contributed by atoms with Gasteiger partial charge in [0.15, 0.2) is 0 Å². The van der Waals surface area contributed by atoms with Crippen LogP contribution < -0.4 is 11.1 Å². The summed E-state index contributed by atoms with van der Waals surface area (Å²) in [7, 11) is 1.24. The number of oxime groups is 1. The molecule has 0 unspecified atom stereocenters. The van der Waals surface area contributed by atoms with Gasteiger partial charge in [-0.15, -0.1) is 12.4 Å². The highest BCUT2D eigenvalue weighted by molar-refractivity contribution is 6.44. The molecule has 1 amide bonds. The summed E-state index contributed by atoms with van der Waals surface area (Å²) in [5.41, 5.74) is 4.63. The zero-order valence-electron chi connectivity index (χ0n) is 6.40. The average Bonchev–Trinajstić information content (AvgIpc) is 2.00. The predicted molar refractivity (Wildman–Crippen MR) is 44.5 cm³/mol. The molecule has 3 N–H and O–H groups in total. The largest absolute Gasteiger partial charge is 0.398 e. The molecule has 0 radical (unpaired) electrons. The molecule has 7 heteroatoms. The van der Waals surface area contributed by atoms with Crippen LogP contribution in [0.25, 0.3) is 0 Å². The summed E-state index contributed by atoms with van der Waals surface area (Å²) in [4.78, 5) is 15.0. The van der Waals surface area contributed by atoms with Crippen molar-refractivity contribution in [3.8, 4) is 6.07 Å². The highest BCUT2D eigenvalue weighted by Gasteiger charge is 2.08. The quantitative estimate of drug-likeness (QED) is 0.339. The number of carbonyl (C=O) groups excluding carboxylic acids is 1. The monoisotopic (exact) mass is 192 g/mol. The molecule has 0 saturated carbocycles. The average molecular weight is 193 g/mol. The van der Waals surface area contributed by atoms with E-state index in [1.165, 1.54) is 7.11 Å². The molecule has 0 aromatic carbocycles. The summed E-state index contributed by atoms with van der Waals surface area (Å²) < 4.78 is 0. The third-order valence-electron chi connectivity index (χ3n) is 0.766. The molecule has 0 saturated heterocycles. The highest BCUT2D eigenvalue weighted by atomic mass is 35.5. The molecule has 0 aliphatic heterocycles. The highest BCUT2D eigenvalue weighted by Crippen LogP contribution is 1.77. The summed E-state index contributed by atoms with van der Waals surface area (Å²) in [5, 5.41) is 13.6. The van der Waals surface area contributed by atoms with Gasteiger partial charge in [-0.3, -0.25) is 4.79 Å². The maximum absolute atomic E-state index is 10.7. The van der Waals surface area contributed by atoms with Gasteiger partial charge in [0.1, 0.15) is 13.2 Å². The molecule has 0 atom stereocenters. The summed E-state index contributed by atoms with van der Waals surface area (Å²) >= 11 is 0. The molecule has 0 aliphatic rings. The Bertz CT molecular complexity index is 210. The normalized spacial score (nSPS) is 9.25. The van der Waals surface area contributed by atoms with Crippen LogP contribution in [0.15, 0.2) is 5.16 Å². The van der Waals surface area contributed by atoms with E-state index < -0.39 is 5.91 Å². The Morgan fingerprint density at radius 1 is 1.83 bits per heavy atom. The lowest BCUT2D eigenvalue weighted by molar-refractivity contribution is -0.114. The zero-order chi connectivity index (χ0) is 8.69. The molecular weight excluding hydrogens is 184 g/mol. The van der Waals surface area contributed by atoms with Crippen molar-refractivity contribution >= 4 is 24.0 Å². The number of rotatable bonds is 3. The van der Waals surface area contributed by atoms with Gasteiger partial charge in [0, 0.05) is 0 Å². The number of nitrogens with two attached hydrogens (primary N) is 1. The zero-order valence-corrected chi connectivity index (χ0v) is 7.22. The van der Waals surface area contributed by atoms with E-state index in [-0.39, 0.29) is 24.8 Å². The van der Waals surface area contributed by atoms with Crippen molar-refractivity contribution < 1.29 is 9.63 Å². The van der Waals surface area contributed by atoms with E-state index in [0.717, 1.165) is 0 Å². The minimum Gasteiger partial charge on any atom is -0.398 e. The number of hydrogen-bond donors (Lipinski definition) is 2. The van der Waals surface area contributed by atoms with E-state index in [4.69, 9.17) is 11.0 Å². The van der Waals surface area contributed by atoms with Crippen LogP contribution in [-0.4, -0.2) is 25.4 Å². The number of nitriles is 1. The Kier molecular flexibility index (Phi) is 8.62. The van der Waals surface area contributed by atoms with Crippen molar-refractivity contribution in [2.75, 3.05) is 13.8 Å². The number of hydrogen-bond acceptors (Lipinski definition) is 5. The molecule has 0 aliphatic carbocycles. The molecule has 0 rings (SSSR count). The van der Waals surface area contributed by atoms with Crippen molar-refractivity contribution in [3.05, 3.63) is 0 Å². The van der Waals surface area contributed by atoms with Gasteiger partial charge in [0.2, 0.25) is 5.71 Å². The number of nitrogens with one attached hydrogen (secondary N) is 1. The number of amides is 1. The first kappa shape index (κ1) is 13.3. The summed E-state index contributed by atoms with van der Waals surface area (Å²) in [6, 6.07) is 1.54. The van der Waals surface area contributed by atoms with Crippen molar-refractivity contribution in [3.63, 3.8) is 0 Å². The minimum absolute atomic E-state index is 0. The van der Waals surface area contributed by atoms with E-state index in [2.05, 4.69) is 15.3 Å². The molecular formula is C5H9ClN4O2. The van der Waals surface area contributed by atoms with Crippen molar-refractivity contribution in [2.24, 2.45) is 10.9 Å². The van der Waals surface area contributed by atoms with Gasteiger partial charge in [-0.2, -0.15) is 5.26 Å². The van der Waals surface area contributed by atoms with Crippen LogP contribution in [0.1, 0.15) is 0 Å². The van der Waals surface area contributed by atoms with Crippen LogP contribution in [0.4, 0.5) is 0 Å². The summed E-state index contributed by atoms with van der Waals surface area (Å²) in [6.45, 7) is -0.0384. The lowest BCUT2D eigenvalue weighted by Gasteiger charge is -1.96.